The molecule has 0 aliphatic heterocycles. The normalized spacial score (nSPS) is 10.6. The number of carboxylic acid groups (broad SMARTS) is 1. The Labute approximate surface area is 140 Å². The van der Waals surface area contributed by atoms with Crippen LogP contribution in [0.3, 0.4) is 0 Å². The summed E-state index contributed by atoms with van der Waals surface area (Å²) < 4.78 is 11.1. The summed E-state index contributed by atoms with van der Waals surface area (Å²) in [4.78, 5) is 11.0. The van der Waals surface area contributed by atoms with Crippen LogP contribution >= 0.6 is 0 Å². The van der Waals surface area contributed by atoms with Crippen LogP contribution in [0.2, 0.25) is 0 Å². The molecule has 2 aromatic rings. The summed E-state index contributed by atoms with van der Waals surface area (Å²) in [5.74, 6) is 0.289. The van der Waals surface area contributed by atoms with Crippen LogP contribution in [0.15, 0.2) is 47.6 Å². The number of carbonyl (C=O) groups is 1. The van der Waals surface area contributed by atoms with Crippen molar-refractivity contribution in [2.45, 2.75) is 13.3 Å². The summed E-state index contributed by atoms with van der Waals surface area (Å²) in [5.41, 5.74) is 4.37. The van der Waals surface area contributed by atoms with Crippen molar-refractivity contribution in [3.63, 3.8) is 0 Å². The van der Waals surface area contributed by atoms with Crippen LogP contribution < -0.4 is 14.9 Å². The number of hydrogen-bond acceptors (Lipinski definition) is 5. The summed E-state index contributed by atoms with van der Waals surface area (Å²) in [5, 5.41) is 13.1. The van der Waals surface area contributed by atoms with Gasteiger partial charge in [0, 0.05) is 5.56 Å². The highest BCUT2D eigenvalue weighted by Crippen LogP contribution is 2.30. The molecule has 6 heteroatoms. The second-order valence-corrected chi connectivity index (χ2v) is 4.98. The summed E-state index contributed by atoms with van der Waals surface area (Å²) in [7, 11) is 1.59. The minimum absolute atomic E-state index is 0.198. The Balaban J connectivity index is 2.16. The van der Waals surface area contributed by atoms with Crippen molar-refractivity contribution < 1.29 is 19.4 Å². The van der Waals surface area contributed by atoms with Gasteiger partial charge in [-0.1, -0.05) is 19.1 Å². The standard InChI is InChI=1S/C18H20N2O4/c1-3-10-24-17-14(7-5-9-16(17)23-2)12-19-20-15-8-4-6-13(11-15)18(21)22/h4-9,11-12,20H,3,10H2,1-2H3,(H,21,22). The van der Waals surface area contributed by atoms with E-state index < -0.39 is 5.97 Å². The maximum Gasteiger partial charge on any atom is 0.335 e. The fourth-order valence-electron chi connectivity index (χ4n) is 2.05. The van der Waals surface area contributed by atoms with Gasteiger partial charge in [-0.05, 0) is 36.8 Å². The number of ether oxygens (including phenoxy) is 2. The molecule has 0 amide bonds. The Hall–Kier alpha value is -3.02. The van der Waals surface area contributed by atoms with E-state index in [0.29, 0.717) is 23.8 Å². The number of methoxy groups -OCH3 is 1. The first-order valence-electron chi connectivity index (χ1n) is 7.58. The average Bonchev–Trinajstić information content (AvgIpc) is 2.60. The van der Waals surface area contributed by atoms with Crippen LogP contribution in [0.4, 0.5) is 5.69 Å². The Bertz CT molecular complexity index is 729. The molecule has 0 aromatic heterocycles. The molecule has 0 heterocycles. The summed E-state index contributed by atoms with van der Waals surface area (Å²) in [6, 6.07) is 12.0. The van der Waals surface area contributed by atoms with Crippen LogP contribution in [-0.4, -0.2) is 31.0 Å². The molecule has 6 nitrogen and oxygen atoms in total. The van der Waals surface area contributed by atoms with Crippen molar-refractivity contribution in [3.05, 3.63) is 53.6 Å². The third kappa shape index (κ3) is 4.49. The van der Waals surface area contributed by atoms with E-state index in [2.05, 4.69) is 10.5 Å². The minimum Gasteiger partial charge on any atom is -0.493 e. The van der Waals surface area contributed by atoms with Gasteiger partial charge in [0.05, 0.1) is 31.2 Å². The molecule has 0 aliphatic rings. The highest BCUT2D eigenvalue weighted by molar-refractivity contribution is 5.89. The van der Waals surface area contributed by atoms with Gasteiger partial charge in [0.1, 0.15) is 0 Å². The number of nitrogens with zero attached hydrogens (tertiary/aromatic N) is 1. The molecule has 2 aromatic carbocycles. The molecule has 0 saturated carbocycles. The highest BCUT2D eigenvalue weighted by atomic mass is 16.5. The zero-order valence-electron chi connectivity index (χ0n) is 13.7. The van der Waals surface area contributed by atoms with Crippen molar-refractivity contribution in [1.29, 1.82) is 0 Å². The fourth-order valence-corrected chi connectivity index (χ4v) is 2.05. The second kappa shape index (κ2) is 8.57. The Morgan fingerprint density at radius 2 is 2.08 bits per heavy atom. The van der Waals surface area contributed by atoms with Gasteiger partial charge in [0.15, 0.2) is 11.5 Å². The van der Waals surface area contributed by atoms with Gasteiger partial charge in [-0.3, -0.25) is 5.43 Å². The quantitative estimate of drug-likeness (QED) is 0.571. The number of hydrazone groups is 1. The van der Waals surface area contributed by atoms with E-state index in [-0.39, 0.29) is 5.56 Å². The van der Waals surface area contributed by atoms with Gasteiger partial charge in [-0.2, -0.15) is 5.10 Å². The van der Waals surface area contributed by atoms with E-state index in [4.69, 9.17) is 14.6 Å². The molecule has 126 valence electrons. The molecule has 2 rings (SSSR count). The largest absolute Gasteiger partial charge is 0.493 e. The van der Waals surface area contributed by atoms with E-state index in [1.807, 2.05) is 25.1 Å². The maximum absolute atomic E-state index is 11.0. The minimum atomic E-state index is -0.981. The molecule has 0 atom stereocenters. The molecular weight excluding hydrogens is 308 g/mol. The molecule has 0 fully saturated rings. The second-order valence-electron chi connectivity index (χ2n) is 4.98. The average molecular weight is 328 g/mol. The number of anilines is 1. The zero-order valence-corrected chi connectivity index (χ0v) is 13.7. The van der Waals surface area contributed by atoms with Crippen molar-refractivity contribution in [2.24, 2.45) is 5.10 Å². The predicted molar refractivity (Wildman–Crippen MR) is 93.4 cm³/mol. The van der Waals surface area contributed by atoms with E-state index in [9.17, 15) is 4.79 Å². The molecule has 0 aliphatic carbocycles. The molecule has 0 bridgehead atoms. The van der Waals surface area contributed by atoms with Gasteiger partial charge >= 0.3 is 5.97 Å². The van der Waals surface area contributed by atoms with Crippen molar-refractivity contribution >= 4 is 17.9 Å². The molecule has 0 spiro atoms. The van der Waals surface area contributed by atoms with Crippen LogP contribution in [-0.2, 0) is 0 Å². The molecule has 2 N–H and O–H groups in total. The number of nitrogens with one attached hydrogen (secondary N) is 1. The van der Waals surface area contributed by atoms with Gasteiger partial charge in [-0.15, -0.1) is 0 Å². The first kappa shape index (κ1) is 17.3. The lowest BCUT2D eigenvalue weighted by atomic mass is 10.2. The van der Waals surface area contributed by atoms with Crippen molar-refractivity contribution in [1.82, 2.24) is 0 Å². The zero-order chi connectivity index (χ0) is 17.4. The number of hydrogen-bond donors (Lipinski definition) is 2. The van der Waals surface area contributed by atoms with Crippen LogP contribution in [0.1, 0.15) is 29.3 Å². The fraction of sp³-hybridized carbons (Fsp3) is 0.222. The van der Waals surface area contributed by atoms with Crippen molar-refractivity contribution in [3.8, 4) is 11.5 Å². The van der Waals surface area contributed by atoms with E-state index >= 15 is 0 Å². The number of aromatic carboxylic acids is 1. The molecule has 0 unspecified atom stereocenters. The molecule has 0 radical (unpaired) electrons. The number of para-hydroxylation sites is 1. The Morgan fingerprint density at radius 3 is 2.79 bits per heavy atom. The predicted octanol–water partition coefficient (Wildman–Crippen LogP) is 3.63. The van der Waals surface area contributed by atoms with Gasteiger partial charge in [0.2, 0.25) is 0 Å². The van der Waals surface area contributed by atoms with Crippen LogP contribution in [0, 0.1) is 0 Å². The third-order valence-electron chi connectivity index (χ3n) is 3.19. The van der Waals surface area contributed by atoms with Crippen LogP contribution in [0.5, 0.6) is 11.5 Å². The smallest absolute Gasteiger partial charge is 0.335 e. The highest BCUT2D eigenvalue weighted by Gasteiger charge is 2.09. The van der Waals surface area contributed by atoms with E-state index in [1.165, 1.54) is 12.1 Å². The van der Waals surface area contributed by atoms with Crippen LogP contribution in [0.25, 0.3) is 0 Å². The Kier molecular flexibility index (Phi) is 6.19. The van der Waals surface area contributed by atoms with Gasteiger partial charge < -0.3 is 14.6 Å². The number of benzene rings is 2. The SMILES string of the molecule is CCCOc1c(C=NNc2cccc(C(=O)O)c2)cccc1OC. The van der Waals surface area contributed by atoms with E-state index in [1.54, 1.807) is 25.5 Å². The van der Waals surface area contributed by atoms with Crippen molar-refractivity contribution in [2.75, 3.05) is 19.1 Å². The van der Waals surface area contributed by atoms with E-state index in [0.717, 1.165) is 12.0 Å². The topological polar surface area (TPSA) is 80.2 Å². The molecule has 0 saturated heterocycles. The van der Waals surface area contributed by atoms with Gasteiger partial charge in [-0.25, -0.2) is 4.79 Å². The number of rotatable bonds is 8. The third-order valence-corrected chi connectivity index (χ3v) is 3.19. The number of carboxylic acids is 1. The summed E-state index contributed by atoms with van der Waals surface area (Å²) in [6.45, 7) is 2.61. The molecular formula is C18H20N2O4. The lowest BCUT2D eigenvalue weighted by Crippen LogP contribution is -2.02. The Morgan fingerprint density at radius 1 is 1.29 bits per heavy atom. The first-order chi connectivity index (χ1) is 11.7. The lowest BCUT2D eigenvalue weighted by molar-refractivity contribution is 0.0697. The maximum atomic E-state index is 11.0. The summed E-state index contributed by atoms with van der Waals surface area (Å²) in [6.07, 6.45) is 2.50. The lowest BCUT2D eigenvalue weighted by Gasteiger charge is -2.12. The molecule has 24 heavy (non-hydrogen) atoms. The summed E-state index contributed by atoms with van der Waals surface area (Å²) >= 11 is 0. The first-order valence-corrected chi connectivity index (χ1v) is 7.58. The van der Waals surface area contributed by atoms with Gasteiger partial charge in [0.25, 0.3) is 0 Å². The monoisotopic (exact) mass is 328 g/mol.